The molecule has 1 N–H and O–H groups in total. The molecule has 21 heavy (non-hydrogen) atoms. The summed E-state index contributed by atoms with van der Waals surface area (Å²) in [5.41, 5.74) is 0.809. The highest BCUT2D eigenvalue weighted by Crippen LogP contribution is 2.30. The second-order valence-electron chi connectivity index (χ2n) is 6.28. The number of benzene rings is 1. The molecular formula is C17H26F2N2. The van der Waals surface area contributed by atoms with Gasteiger partial charge in [0.15, 0.2) is 0 Å². The van der Waals surface area contributed by atoms with Crippen LogP contribution in [0.1, 0.15) is 45.6 Å². The zero-order valence-electron chi connectivity index (χ0n) is 13.3. The maximum atomic E-state index is 14.3. The van der Waals surface area contributed by atoms with E-state index in [0.717, 1.165) is 32.4 Å². The quantitative estimate of drug-likeness (QED) is 0.880. The van der Waals surface area contributed by atoms with Crippen molar-refractivity contribution < 1.29 is 8.78 Å². The molecule has 0 bridgehead atoms. The summed E-state index contributed by atoms with van der Waals surface area (Å²) in [5, 5.41) is 3.18. The maximum Gasteiger partial charge on any atom is 0.149 e. The number of nitrogens with one attached hydrogen (secondary N) is 1. The van der Waals surface area contributed by atoms with Gasteiger partial charge in [0.05, 0.1) is 0 Å². The van der Waals surface area contributed by atoms with Crippen molar-refractivity contribution in [3.63, 3.8) is 0 Å². The summed E-state index contributed by atoms with van der Waals surface area (Å²) >= 11 is 0. The number of hydrogen-bond donors (Lipinski definition) is 1. The Morgan fingerprint density at radius 3 is 2.24 bits per heavy atom. The largest absolute Gasteiger partial charge is 0.367 e. The van der Waals surface area contributed by atoms with Gasteiger partial charge in [0, 0.05) is 25.7 Å². The predicted molar refractivity (Wildman–Crippen MR) is 83.6 cm³/mol. The molecule has 0 radical (unpaired) electrons. The molecule has 2 rings (SSSR count). The lowest BCUT2D eigenvalue weighted by atomic mass is 9.94. The van der Waals surface area contributed by atoms with Crippen LogP contribution < -0.4 is 10.2 Å². The van der Waals surface area contributed by atoms with Crippen LogP contribution in [0.2, 0.25) is 0 Å². The average molecular weight is 296 g/mol. The van der Waals surface area contributed by atoms with Crippen molar-refractivity contribution >= 4 is 5.69 Å². The van der Waals surface area contributed by atoms with Crippen LogP contribution in [0.5, 0.6) is 0 Å². The number of rotatable bonds is 5. The summed E-state index contributed by atoms with van der Waals surface area (Å²) in [5.74, 6) is -0.183. The van der Waals surface area contributed by atoms with Gasteiger partial charge < -0.3 is 10.2 Å². The summed E-state index contributed by atoms with van der Waals surface area (Å²) in [6, 6.07) is 3.21. The van der Waals surface area contributed by atoms with Gasteiger partial charge in [-0.15, -0.1) is 0 Å². The Labute approximate surface area is 126 Å². The molecule has 0 spiro atoms. The smallest absolute Gasteiger partial charge is 0.149 e. The number of halogens is 2. The average Bonchev–Trinajstić information content (AvgIpc) is 2.45. The van der Waals surface area contributed by atoms with Gasteiger partial charge in [-0.05, 0) is 36.5 Å². The van der Waals surface area contributed by atoms with E-state index in [9.17, 15) is 8.78 Å². The van der Waals surface area contributed by atoms with E-state index >= 15 is 0 Å². The summed E-state index contributed by atoms with van der Waals surface area (Å²) in [4.78, 5) is 1.86. The Balaban J connectivity index is 2.10. The van der Waals surface area contributed by atoms with Gasteiger partial charge in [0.1, 0.15) is 17.3 Å². The van der Waals surface area contributed by atoms with Gasteiger partial charge in [-0.2, -0.15) is 0 Å². The molecule has 2 nitrogen and oxygen atoms in total. The Kier molecular flexibility index (Phi) is 5.57. The summed E-state index contributed by atoms with van der Waals surface area (Å²) in [7, 11) is 0. The molecule has 118 valence electrons. The fourth-order valence-electron chi connectivity index (χ4n) is 2.91. The lowest BCUT2D eigenvalue weighted by Gasteiger charge is -2.33. The van der Waals surface area contributed by atoms with Crippen molar-refractivity contribution in [2.24, 2.45) is 5.92 Å². The third-order valence-electron chi connectivity index (χ3n) is 4.30. The van der Waals surface area contributed by atoms with Crippen molar-refractivity contribution in [3.8, 4) is 0 Å². The van der Waals surface area contributed by atoms with Crippen LogP contribution in [-0.4, -0.2) is 19.1 Å². The van der Waals surface area contributed by atoms with E-state index < -0.39 is 11.6 Å². The molecule has 1 saturated heterocycles. The van der Waals surface area contributed by atoms with Crippen LogP contribution in [0.15, 0.2) is 12.1 Å². The minimum absolute atomic E-state index is 0.151. The van der Waals surface area contributed by atoms with Crippen LogP contribution in [0.3, 0.4) is 0 Å². The van der Waals surface area contributed by atoms with Crippen LogP contribution in [-0.2, 0) is 6.54 Å². The van der Waals surface area contributed by atoms with Crippen LogP contribution in [0.4, 0.5) is 14.5 Å². The maximum absolute atomic E-state index is 14.3. The minimum atomic E-state index is -0.439. The zero-order chi connectivity index (χ0) is 15.4. The first-order valence-corrected chi connectivity index (χ1v) is 7.97. The molecule has 1 aliphatic rings. The van der Waals surface area contributed by atoms with Gasteiger partial charge in [-0.3, -0.25) is 0 Å². The topological polar surface area (TPSA) is 15.3 Å². The minimum Gasteiger partial charge on any atom is -0.367 e. The van der Waals surface area contributed by atoms with Gasteiger partial charge in [0.25, 0.3) is 0 Å². The Morgan fingerprint density at radius 1 is 1.19 bits per heavy atom. The van der Waals surface area contributed by atoms with E-state index in [-0.39, 0.29) is 5.69 Å². The third kappa shape index (κ3) is 4.16. The lowest BCUT2D eigenvalue weighted by molar-refractivity contribution is 0.389. The number of anilines is 1. The summed E-state index contributed by atoms with van der Waals surface area (Å²) in [6.45, 7) is 8.19. The fraction of sp³-hybridized carbons (Fsp3) is 0.647. The Hall–Kier alpha value is -1.16. The molecule has 1 aromatic carbocycles. The van der Waals surface area contributed by atoms with Crippen molar-refractivity contribution in [1.82, 2.24) is 5.32 Å². The second-order valence-corrected chi connectivity index (χ2v) is 6.28. The van der Waals surface area contributed by atoms with Crippen molar-refractivity contribution in [2.75, 3.05) is 18.0 Å². The van der Waals surface area contributed by atoms with Crippen molar-refractivity contribution in [1.29, 1.82) is 0 Å². The van der Waals surface area contributed by atoms with Crippen LogP contribution >= 0.6 is 0 Å². The van der Waals surface area contributed by atoms with Crippen LogP contribution in [0, 0.1) is 17.6 Å². The third-order valence-corrected chi connectivity index (χ3v) is 4.30. The number of piperidine rings is 1. The normalized spacial score (nSPS) is 16.8. The second kappa shape index (κ2) is 7.21. The molecular weight excluding hydrogens is 270 g/mol. The first-order valence-electron chi connectivity index (χ1n) is 7.97. The molecule has 4 heteroatoms. The standard InChI is InChI=1S/C17H26F2N2/c1-4-13-5-7-21(8-6-13)17-15(18)9-14(10-16(17)19)11-20-12(2)3/h9-10,12-13,20H,4-8,11H2,1-3H3. The molecule has 1 fully saturated rings. The summed E-state index contributed by atoms with van der Waals surface area (Å²) in [6.07, 6.45) is 3.19. The Bertz CT molecular complexity index is 443. The zero-order valence-corrected chi connectivity index (χ0v) is 13.3. The van der Waals surface area contributed by atoms with Crippen molar-refractivity contribution in [3.05, 3.63) is 29.3 Å². The molecule has 0 atom stereocenters. The Morgan fingerprint density at radius 2 is 1.76 bits per heavy atom. The molecule has 0 aromatic heterocycles. The molecule has 1 aliphatic heterocycles. The van der Waals surface area contributed by atoms with Gasteiger partial charge in [0.2, 0.25) is 0 Å². The van der Waals surface area contributed by atoms with E-state index in [1.807, 2.05) is 18.7 Å². The molecule has 1 aromatic rings. The predicted octanol–water partition coefficient (Wildman–Crippen LogP) is 4.09. The van der Waals surface area contributed by atoms with E-state index in [4.69, 9.17) is 0 Å². The monoisotopic (exact) mass is 296 g/mol. The van der Waals surface area contributed by atoms with E-state index in [2.05, 4.69) is 12.2 Å². The first-order chi connectivity index (χ1) is 10.0. The van der Waals surface area contributed by atoms with Crippen molar-refractivity contribution in [2.45, 2.75) is 52.6 Å². The van der Waals surface area contributed by atoms with E-state index in [1.165, 1.54) is 12.1 Å². The molecule has 1 heterocycles. The van der Waals surface area contributed by atoms with Gasteiger partial charge >= 0.3 is 0 Å². The molecule has 0 unspecified atom stereocenters. The first kappa shape index (κ1) is 16.2. The van der Waals surface area contributed by atoms with E-state index in [1.54, 1.807) is 0 Å². The molecule has 0 aliphatic carbocycles. The number of nitrogens with zero attached hydrogens (tertiary/aromatic N) is 1. The highest BCUT2D eigenvalue weighted by Gasteiger charge is 2.23. The molecule has 0 amide bonds. The van der Waals surface area contributed by atoms with Gasteiger partial charge in [-0.25, -0.2) is 8.78 Å². The fourth-order valence-corrected chi connectivity index (χ4v) is 2.91. The summed E-state index contributed by atoms with van der Waals surface area (Å²) < 4.78 is 28.6. The number of hydrogen-bond acceptors (Lipinski definition) is 2. The lowest BCUT2D eigenvalue weighted by Crippen LogP contribution is -2.34. The van der Waals surface area contributed by atoms with Gasteiger partial charge in [-0.1, -0.05) is 27.2 Å². The highest BCUT2D eigenvalue weighted by atomic mass is 19.1. The SMILES string of the molecule is CCC1CCN(c2c(F)cc(CNC(C)C)cc2F)CC1. The highest BCUT2D eigenvalue weighted by molar-refractivity contribution is 5.51. The molecule has 0 saturated carbocycles. The van der Waals surface area contributed by atoms with E-state index in [0.29, 0.717) is 24.1 Å². The van der Waals surface area contributed by atoms with Crippen LogP contribution in [0.25, 0.3) is 0 Å².